The van der Waals surface area contributed by atoms with Crippen molar-refractivity contribution in [1.29, 1.82) is 0 Å². The van der Waals surface area contributed by atoms with Crippen molar-refractivity contribution < 1.29 is 4.79 Å². The first kappa shape index (κ1) is 12.0. The third kappa shape index (κ3) is 2.42. The van der Waals surface area contributed by atoms with Crippen molar-refractivity contribution in [2.75, 3.05) is 11.1 Å². The maximum atomic E-state index is 11.2. The molecule has 0 atom stereocenters. The van der Waals surface area contributed by atoms with Crippen molar-refractivity contribution in [3.05, 3.63) is 41.7 Å². The van der Waals surface area contributed by atoms with Gasteiger partial charge in [0.1, 0.15) is 0 Å². The standard InChI is InChI=1S/C12H15N5O/c1-17-7-8(6-16-17)5-15-10-4-2-3-9(11(10)13)12(14)18/h2-4,6-7,15H,5,13H2,1H3,(H2,14,18). The molecule has 0 fully saturated rings. The van der Waals surface area contributed by atoms with Gasteiger partial charge in [-0.05, 0) is 12.1 Å². The first-order valence-electron chi connectivity index (χ1n) is 5.47. The molecule has 1 aromatic heterocycles. The third-order valence-electron chi connectivity index (χ3n) is 2.61. The molecule has 5 N–H and O–H groups in total. The van der Waals surface area contributed by atoms with Gasteiger partial charge in [0, 0.05) is 25.4 Å². The van der Waals surface area contributed by atoms with E-state index >= 15 is 0 Å². The summed E-state index contributed by atoms with van der Waals surface area (Å²) in [6, 6.07) is 5.15. The molecule has 6 nitrogen and oxygen atoms in total. The molecular weight excluding hydrogens is 230 g/mol. The van der Waals surface area contributed by atoms with Crippen molar-refractivity contribution in [3.8, 4) is 0 Å². The Bertz CT molecular complexity index is 576. The number of primary amides is 1. The fourth-order valence-electron chi connectivity index (χ4n) is 1.69. The topological polar surface area (TPSA) is 99.0 Å². The molecule has 6 heteroatoms. The second-order valence-electron chi connectivity index (χ2n) is 4.01. The van der Waals surface area contributed by atoms with Gasteiger partial charge in [-0.3, -0.25) is 9.48 Å². The van der Waals surface area contributed by atoms with Crippen LogP contribution in [0.4, 0.5) is 11.4 Å². The van der Waals surface area contributed by atoms with Crippen LogP contribution in [0.3, 0.4) is 0 Å². The van der Waals surface area contributed by atoms with Gasteiger partial charge >= 0.3 is 0 Å². The SMILES string of the molecule is Cn1cc(CNc2cccc(C(N)=O)c2N)cn1. The first-order valence-corrected chi connectivity index (χ1v) is 5.47. The summed E-state index contributed by atoms with van der Waals surface area (Å²) in [5, 5.41) is 7.22. The van der Waals surface area contributed by atoms with Crippen LogP contribution in [-0.4, -0.2) is 15.7 Å². The number of nitrogens with zero attached hydrogens (tertiary/aromatic N) is 2. The zero-order valence-corrected chi connectivity index (χ0v) is 10.1. The lowest BCUT2D eigenvalue weighted by molar-refractivity contribution is 0.100. The van der Waals surface area contributed by atoms with Crippen molar-refractivity contribution in [2.45, 2.75) is 6.54 Å². The number of rotatable bonds is 4. The second kappa shape index (κ2) is 4.79. The van der Waals surface area contributed by atoms with Crippen molar-refractivity contribution in [3.63, 3.8) is 0 Å². The van der Waals surface area contributed by atoms with Gasteiger partial charge in [-0.1, -0.05) is 6.07 Å². The number of hydrogen-bond donors (Lipinski definition) is 3. The van der Waals surface area contributed by atoms with Gasteiger partial charge in [0.05, 0.1) is 23.1 Å². The average Bonchev–Trinajstić information content (AvgIpc) is 2.73. The summed E-state index contributed by atoms with van der Waals surface area (Å²) in [4.78, 5) is 11.2. The number of nitrogens with one attached hydrogen (secondary N) is 1. The van der Waals surface area contributed by atoms with Gasteiger partial charge in [0.15, 0.2) is 0 Å². The summed E-state index contributed by atoms with van der Waals surface area (Å²) in [6.07, 6.45) is 3.67. The van der Waals surface area contributed by atoms with Crippen LogP contribution in [0.1, 0.15) is 15.9 Å². The highest BCUT2D eigenvalue weighted by atomic mass is 16.1. The lowest BCUT2D eigenvalue weighted by Crippen LogP contribution is -2.14. The van der Waals surface area contributed by atoms with E-state index in [1.807, 2.05) is 13.2 Å². The molecule has 0 saturated carbocycles. The molecule has 0 spiro atoms. The van der Waals surface area contributed by atoms with E-state index in [4.69, 9.17) is 11.5 Å². The van der Waals surface area contributed by atoms with Gasteiger partial charge in [-0.25, -0.2) is 0 Å². The zero-order valence-electron chi connectivity index (χ0n) is 10.1. The average molecular weight is 245 g/mol. The Labute approximate surface area is 105 Å². The molecule has 0 unspecified atom stereocenters. The molecule has 1 aromatic carbocycles. The Morgan fingerprint density at radius 2 is 2.28 bits per heavy atom. The number of nitrogens with two attached hydrogens (primary N) is 2. The van der Waals surface area contributed by atoms with Crippen LogP contribution in [-0.2, 0) is 13.6 Å². The van der Waals surface area contributed by atoms with E-state index in [0.29, 0.717) is 23.5 Å². The molecule has 0 saturated heterocycles. The fraction of sp³-hybridized carbons (Fsp3) is 0.167. The van der Waals surface area contributed by atoms with Crippen LogP contribution in [0.25, 0.3) is 0 Å². The highest BCUT2D eigenvalue weighted by Crippen LogP contribution is 2.22. The minimum atomic E-state index is -0.530. The Morgan fingerprint density at radius 1 is 1.50 bits per heavy atom. The maximum Gasteiger partial charge on any atom is 0.250 e. The normalized spacial score (nSPS) is 10.3. The third-order valence-corrected chi connectivity index (χ3v) is 2.61. The van der Waals surface area contributed by atoms with E-state index in [-0.39, 0.29) is 0 Å². The van der Waals surface area contributed by atoms with Crippen molar-refractivity contribution in [2.24, 2.45) is 12.8 Å². The molecule has 0 bridgehead atoms. The molecule has 1 heterocycles. The van der Waals surface area contributed by atoms with Crippen LogP contribution in [0.5, 0.6) is 0 Å². The number of hydrogen-bond acceptors (Lipinski definition) is 4. The number of aryl methyl sites for hydroxylation is 1. The van der Waals surface area contributed by atoms with E-state index in [0.717, 1.165) is 5.56 Å². The van der Waals surface area contributed by atoms with E-state index in [9.17, 15) is 4.79 Å². The van der Waals surface area contributed by atoms with Gasteiger partial charge in [0.2, 0.25) is 0 Å². The maximum absolute atomic E-state index is 11.2. The fourth-order valence-corrected chi connectivity index (χ4v) is 1.69. The van der Waals surface area contributed by atoms with Crippen LogP contribution in [0.15, 0.2) is 30.6 Å². The second-order valence-corrected chi connectivity index (χ2v) is 4.01. The molecular formula is C12H15N5O. The molecule has 1 amide bonds. The number of para-hydroxylation sites is 1. The Balaban J connectivity index is 2.14. The Kier molecular flexibility index (Phi) is 3.18. The summed E-state index contributed by atoms with van der Waals surface area (Å²) in [7, 11) is 1.85. The quantitative estimate of drug-likeness (QED) is 0.691. The van der Waals surface area contributed by atoms with Crippen LogP contribution in [0.2, 0.25) is 0 Å². The van der Waals surface area contributed by atoms with Gasteiger partial charge in [-0.15, -0.1) is 0 Å². The van der Waals surface area contributed by atoms with Crippen LogP contribution >= 0.6 is 0 Å². The first-order chi connectivity index (χ1) is 8.58. The number of amides is 1. The highest BCUT2D eigenvalue weighted by molar-refractivity contribution is 6.00. The van der Waals surface area contributed by atoms with E-state index in [1.165, 1.54) is 0 Å². The molecule has 2 aromatic rings. The van der Waals surface area contributed by atoms with Gasteiger partial charge in [0.25, 0.3) is 5.91 Å². The number of aromatic nitrogens is 2. The zero-order chi connectivity index (χ0) is 13.1. The number of anilines is 2. The Hall–Kier alpha value is -2.50. The predicted molar refractivity (Wildman–Crippen MR) is 69.9 cm³/mol. The summed E-state index contributed by atoms with van der Waals surface area (Å²) < 4.78 is 1.72. The summed E-state index contributed by atoms with van der Waals surface area (Å²) in [6.45, 7) is 0.584. The van der Waals surface area contributed by atoms with E-state index < -0.39 is 5.91 Å². The highest BCUT2D eigenvalue weighted by Gasteiger charge is 2.09. The number of carbonyl (C=O) groups is 1. The smallest absolute Gasteiger partial charge is 0.250 e. The molecule has 0 aliphatic carbocycles. The van der Waals surface area contributed by atoms with Crippen LogP contribution in [0, 0.1) is 0 Å². The Morgan fingerprint density at radius 3 is 2.89 bits per heavy atom. The molecule has 0 aliphatic rings. The predicted octanol–water partition coefficient (Wildman–Crippen LogP) is 0.713. The number of carbonyl (C=O) groups excluding carboxylic acids is 1. The molecule has 0 radical (unpaired) electrons. The lowest BCUT2D eigenvalue weighted by Gasteiger charge is -2.10. The monoisotopic (exact) mass is 245 g/mol. The minimum absolute atomic E-state index is 0.325. The number of nitrogen functional groups attached to an aromatic ring is 1. The van der Waals surface area contributed by atoms with Crippen molar-refractivity contribution in [1.82, 2.24) is 9.78 Å². The summed E-state index contributed by atoms with van der Waals surface area (Å²) in [5.74, 6) is -0.530. The number of benzene rings is 1. The summed E-state index contributed by atoms with van der Waals surface area (Å²) in [5.41, 5.74) is 13.5. The van der Waals surface area contributed by atoms with Crippen molar-refractivity contribution >= 4 is 17.3 Å². The summed E-state index contributed by atoms with van der Waals surface area (Å²) >= 11 is 0. The largest absolute Gasteiger partial charge is 0.396 e. The van der Waals surface area contributed by atoms with Gasteiger partial charge in [-0.2, -0.15) is 5.10 Å². The van der Waals surface area contributed by atoms with E-state index in [1.54, 1.807) is 29.1 Å². The molecule has 18 heavy (non-hydrogen) atoms. The van der Waals surface area contributed by atoms with Gasteiger partial charge < -0.3 is 16.8 Å². The molecule has 94 valence electrons. The van der Waals surface area contributed by atoms with E-state index in [2.05, 4.69) is 10.4 Å². The molecule has 0 aliphatic heterocycles. The van der Waals surface area contributed by atoms with Crippen LogP contribution < -0.4 is 16.8 Å². The minimum Gasteiger partial charge on any atom is -0.396 e. The molecule has 2 rings (SSSR count). The lowest BCUT2D eigenvalue weighted by atomic mass is 10.1.